The van der Waals surface area contributed by atoms with E-state index in [1.54, 1.807) is 5.92 Å². The molecular formula is C8H15BrMg. The van der Waals surface area contributed by atoms with Crippen molar-refractivity contribution in [1.29, 1.82) is 0 Å². The molecule has 0 aromatic carbocycles. The minimum Gasteiger partial charge on any atom is -1.00 e. The van der Waals surface area contributed by atoms with E-state index >= 15 is 0 Å². The molecular weight excluding hydrogens is 200 g/mol. The van der Waals surface area contributed by atoms with Crippen LogP contribution in [0.3, 0.4) is 0 Å². The third-order valence-corrected chi connectivity index (χ3v) is 2.30. The first-order valence-electron chi connectivity index (χ1n) is 3.63. The zero-order chi connectivity index (χ0) is 5.98. The molecule has 0 aliphatic heterocycles. The molecule has 1 rings (SSSR count). The number of rotatable bonds is 0. The van der Waals surface area contributed by atoms with Crippen molar-refractivity contribution in [3.8, 4) is 0 Å². The molecule has 0 spiro atoms. The van der Waals surface area contributed by atoms with Crippen LogP contribution in [-0.2, 0) is 0 Å². The average Bonchev–Trinajstić information content (AvgIpc) is 1.77. The maximum absolute atomic E-state index is 2.34. The van der Waals surface area contributed by atoms with E-state index in [-0.39, 0.29) is 40.0 Å². The summed E-state index contributed by atoms with van der Waals surface area (Å²) < 4.78 is 0. The summed E-state index contributed by atoms with van der Waals surface area (Å²) in [6.07, 6.45) is 5.72. The quantitative estimate of drug-likeness (QED) is 0.374. The Labute approximate surface area is 91.1 Å². The Kier molecular flexibility index (Phi) is 9.57. The van der Waals surface area contributed by atoms with Crippen LogP contribution in [0.15, 0.2) is 0 Å². The Balaban J connectivity index is 0. The zero-order valence-electron chi connectivity index (χ0n) is 6.99. The Morgan fingerprint density at radius 3 is 2.20 bits per heavy atom. The van der Waals surface area contributed by atoms with Gasteiger partial charge in [-0.25, -0.2) is 0 Å². The predicted octanol–water partition coefficient (Wildman–Crippen LogP) is -0.586. The van der Waals surface area contributed by atoms with Gasteiger partial charge in [0.2, 0.25) is 0 Å². The molecule has 0 aromatic heterocycles. The Hall–Kier alpha value is 1.25. The normalized spacial score (nSPS) is 26.4. The van der Waals surface area contributed by atoms with Gasteiger partial charge in [-0.2, -0.15) is 19.3 Å². The molecule has 1 unspecified atom stereocenters. The molecule has 56 valence electrons. The van der Waals surface area contributed by atoms with E-state index in [2.05, 4.69) is 13.8 Å². The van der Waals surface area contributed by atoms with Crippen molar-refractivity contribution >= 4 is 23.1 Å². The van der Waals surface area contributed by atoms with Gasteiger partial charge >= 0.3 is 23.1 Å². The van der Waals surface area contributed by atoms with E-state index in [0.29, 0.717) is 0 Å². The molecule has 2 heteroatoms. The van der Waals surface area contributed by atoms with Crippen molar-refractivity contribution in [3.05, 3.63) is 5.92 Å². The third-order valence-electron chi connectivity index (χ3n) is 2.30. The van der Waals surface area contributed by atoms with Gasteiger partial charge in [-0.1, -0.05) is 26.2 Å². The van der Waals surface area contributed by atoms with Gasteiger partial charge in [0.1, 0.15) is 0 Å². The van der Waals surface area contributed by atoms with Gasteiger partial charge in [0.25, 0.3) is 0 Å². The van der Waals surface area contributed by atoms with Crippen LogP contribution in [0.4, 0.5) is 0 Å². The van der Waals surface area contributed by atoms with E-state index in [4.69, 9.17) is 0 Å². The SMILES string of the molecule is C[C-]1CCCCC1C.[Br-].[Mg+2]. The maximum atomic E-state index is 2.34. The van der Waals surface area contributed by atoms with Gasteiger partial charge < -0.3 is 22.9 Å². The Morgan fingerprint density at radius 1 is 1.30 bits per heavy atom. The topological polar surface area (TPSA) is 0 Å². The number of hydrogen-bond acceptors (Lipinski definition) is 0. The van der Waals surface area contributed by atoms with Crippen molar-refractivity contribution in [3.63, 3.8) is 0 Å². The van der Waals surface area contributed by atoms with Crippen LogP contribution in [0.5, 0.6) is 0 Å². The molecule has 1 saturated carbocycles. The fourth-order valence-electron chi connectivity index (χ4n) is 1.35. The van der Waals surface area contributed by atoms with Crippen molar-refractivity contribution < 1.29 is 17.0 Å². The van der Waals surface area contributed by atoms with E-state index < -0.39 is 0 Å². The molecule has 0 bridgehead atoms. The van der Waals surface area contributed by atoms with Gasteiger partial charge in [0.15, 0.2) is 0 Å². The van der Waals surface area contributed by atoms with E-state index in [1.165, 1.54) is 25.7 Å². The van der Waals surface area contributed by atoms with E-state index in [0.717, 1.165) is 5.92 Å². The summed E-state index contributed by atoms with van der Waals surface area (Å²) in [5.74, 6) is 2.64. The van der Waals surface area contributed by atoms with Gasteiger partial charge in [-0.15, -0.1) is 0 Å². The second-order valence-corrected chi connectivity index (χ2v) is 2.99. The summed E-state index contributed by atoms with van der Waals surface area (Å²) in [6.45, 7) is 4.64. The molecule has 0 heterocycles. The minimum absolute atomic E-state index is 0. The van der Waals surface area contributed by atoms with E-state index in [9.17, 15) is 0 Å². The standard InChI is InChI=1S/C8H15.BrH.Mg/c1-7-5-3-4-6-8(7)2;;/h7H,3-6H2,1-2H3;1H;/q-1;;+2/p-1. The molecule has 0 saturated heterocycles. The van der Waals surface area contributed by atoms with Crippen molar-refractivity contribution in [2.45, 2.75) is 39.5 Å². The summed E-state index contributed by atoms with van der Waals surface area (Å²) in [4.78, 5) is 0. The van der Waals surface area contributed by atoms with Crippen LogP contribution in [0.1, 0.15) is 39.5 Å². The summed E-state index contributed by atoms with van der Waals surface area (Å²) in [5, 5.41) is 0. The van der Waals surface area contributed by atoms with Crippen LogP contribution in [0.2, 0.25) is 0 Å². The molecule has 10 heavy (non-hydrogen) atoms. The zero-order valence-corrected chi connectivity index (χ0v) is 9.99. The van der Waals surface area contributed by atoms with Crippen molar-refractivity contribution in [2.24, 2.45) is 5.92 Å². The fourth-order valence-corrected chi connectivity index (χ4v) is 1.35. The second kappa shape index (κ2) is 6.93. The smallest absolute Gasteiger partial charge is 1.00 e. The molecule has 0 aromatic rings. The minimum atomic E-state index is 0. The van der Waals surface area contributed by atoms with Gasteiger partial charge in [0.05, 0.1) is 0 Å². The largest absolute Gasteiger partial charge is 2.00 e. The first-order chi connectivity index (χ1) is 3.80. The second-order valence-electron chi connectivity index (χ2n) is 2.99. The van der Waals surface area contributed by atoms with Crippen LogP contribution >= 0.6 is 0 Å². The van der Waals surface area contributed by atoms with Gasteiger partial charge in [0, 0.05) is 0 Å². The molecule has 0 N–H and O–H groups in total. The maximum Gasteiger partial charge on any atom is 2.00 e. The number of halogens is 1. The molecule has 1 atom stereocenters. The molecule has 1 fully saturated rings. The molecule has 0 nitrogen and oxygen atoms in total. The van der Waals surface area contributed by atoms with Crippen molar-refractivity contribution in [2.75, 3.05) is 0 Å². The average molecular weight is 215 g/mol. The molecule has 1 aliphatic rings. The summed E-state index contributed by atoms with van der Waals surface area (Å²) >= 11 is 0. The third kappa shape index (κ3) is 4.19. The van der Waals surface area contributed by atoms with Crippen LogP contribution in [0.25, 0.3) is 0 Å². The number of hydrogen-bond donors (Lipinski definition) is 0. The van der Waals surface area contributed by atoms with Crippen LogP contribution in [-0.4, -0.2) is 23.1 Å². The summed E-state index contributed by atoms with van der Waals surface area (Å²) in [7, 11) is 0. The van der Waals surface area contributed by atoms with E-state index in [1.807, 2.05) is 0 Å². The Bertz CT molecular complexity index is 65.7. The predicted molar refractivity (Wildman–Crippen MR) is 42.3 cm³/mol. The first kappa shape index (κ1) is 13.8. The monoisotopic (exact) mass is 214 g/mol. The van der Waals surface area contributed by atoms with Crippen LogP contribution in [0, 0.1) is 11.8 Å². The first-order valence-corrected chi connectivity index (χ1v) is 3.63. The molecule has 0 radical (unpaired) electrons. The van der Waals surface area contributed by atoms with Gasteiger partial charge in [-0.3, -0.25) is 0 Å². The summed E-state index contributed by atoms with van der Waals surface area (Å²) in [6, 6.07) is 0. The molecule has 1 aliphatic carbocycles. The summed E-state index contributed by atoms with van der Waals surface area (Å²) in [5.41, 5.74) is 0. The molecule has 0 amide bonds. The Morgan fingerprint density at radius 2 is 1.90 bits per heavy atom. The van der Waals surface area contributed by atoms with Gasteiger partial charge in [-0.05, 0) is 0 Å². The van der Waals surface area contributed by atoms with Crippen LogP contribution < -0.4 is 17.0 Å². The van der Waals surface area contributed by atoms with Crippen molar-refractivity contribution in [1.82, 2.24) is 0 Å². The fraction of sp³-hybridized carbons (Fsp3) is 0.875.